The lowest BCUT2D eigenvalue weighted by atomic mass is 9.72. The Bertz CT molecular complexity index is 615. The number of piperidine rings is 1. The number of aliphatic hydroxyl groups excluding tert-OH is 1. The Morgan fingerprint density at radius 3 is 2.85 bits per heavy atom. The zero-order valence-electron chi connectivity index (χ0n) is 15.8. The van der Waals surface area contributed by atoms with Crippen molar-refractivity contribution in [2.45, 2.75) is 76.1 Å². The van der Waals surface area contributed by atoms with Crippen molar-refractivity contribution in [3.05, 3.63) is 11.6 Å². The van der Waals surface area contributed by atoms with Crippen molar-refractivity contribution in [2.75, 3.05) is 6.54 Å². The van der Waals surface area contributed by atoms with E-state index in [-0.39, 0.29) is 49.1 Å². The van der Waals surface area contributed by atoms with Gasteiger partial charge in [0.1, 0.15) is 12.3 Å². The third-order valence-electron chi connectivity index (χ3n) is 6.18. The standard InChI is InChI=1S/C19H29F2N3O3/c1-9-13-5-11(19(27)24-15(13)3-4-16(9)25)6-17(26)23-10(2)18-14(21)7-12(20)8-22-18/h5,9-10,12-16,18,22,25H,3-4,6-8H2,1-2H3,(H,23,26)(H,24,27)/t9?,10-,12?,13?,14?,15?,16?,18?/m0/s1. The second-order valence-electron chi connectivity index (χ2n) is 8.17. The number of carbonyl (C=O) groups excluding carboxylic acids is 2. The zero-order valence-corrected chi connectivity index (χ0v) is 15.8. The molecule has 152 valence electrons. The van der Waals surface area contributed by atoms with Crippen LogP contribution < -0.4 is 16.0 Å². The average molecular weight is 385 g/mol. The first kappa shape index (κ1) is 20.2. The molecule has 27 heavy (non-hydrogen) atoms. The van der Waals surface area contributed by atoms with E-state index in [9.17, 15) is 23.5 Å². The highest BCUT2D eigenvalue weighted by Crippen LogP contribution is 2.35. The monoisotopic (exact) mass is 385 g/mol. The van der Waals surface area contributed by atoms with Crippen LogP contribution in [0, 0.1) is 11.8 Å². The van der Waals surface area contributed by atoms with Gasteiger partial charge in [0.25, 0.3) is 0 Å². The number of hydrogen-bond acceptors (Lipinski definition) is 4. The molecule has 7 unspecified atom stereocenters. The number of hydrogen-bond donors (Lipinski definition) is 4. The fourth-order valence-corrected chi connectivity index (χ4v) is 4.50. The van der Waals surface area contributed by atoms with Crippen LogP contribution in [-0.2, 0) is 9.59 Å². The Labute approximate surface area is 158 Å². The van der Waals surface area contributed by atoms with Gasteiger partial charge in [-0.2, -0.15) is 0 Å². The number of fused-ring (bicyclic) bond motifs is 1. The number of nitrogens with one attached hydrogen (secondary N) is 3. The molecule has 0 aromatic rings. The normalized spacial score (nSPS) is 40.4. The van der Waals surface area contributed by atoms with Gasteiger partial charge in [-0.25, -0.2) is 8.78 Å². The van der Waals surface area contributed by atoms with E-state index < -0.39 is 30.5 Å². The number of amides is 2. The fourth-order valence-electron chi connectivity index (χ4n) is 4.50. The largest absolute Gasteiger partial charge is 0.393 e. The van der Waals surface area contributed by atoms with Gasteiger partial charge in [0.2, 0.25) is 11.8 Å². The summed E-state index contributed by atoms with van der Waals surface area (Å²) < 4.78 is 27.3. The smallest absolute Gasteiger partial charge is 0.247 e. The molecule has 8 heteroatoms. The van der Waals surface area contributed by atoms with Crippen LogP contribution >= 0.6 is 0 Å². The third-order valence-corrected chi connectivity index (χ3v) is 6.18. The Morgan fingerprint density at radius 2 is 2.15 bits per heavy atom. The van der Waals surface area contributed by atoms with E-state index in [1.807, 2.05) is 13.0 Å². The van der Waals surface area contributed by atoms with Crippen molar-refractivity contribution >= 4 is 11.8 Å². The summed E-state index contributed by atoms with van der Waals surface area (Å²) in [5.74, 6) is -0.623. The molecule has 8 atom stereocenters. The first-order valence-corrected chi connectivity index (χ1v) is 9.76. The van der Waals surface area contributed by atoms with Crippen molar-refractivity contribution < 1.29 is 23.5 Å². The molecule has 3 rings (SSSR count). The molecule has 3 aliphatic rings. The fraction of sp³-hybridized carbons (Fsp3) is 0.789. The molecule has 1 saturated heterocycles. The van der Waals surface area contributed by atoms with Crippen molar-refractivity contribution in [2.24, 2.45) is 11.8 Å². The molecule has 0 radical (unpaired) electrons. The quantitative estimate of drug-likeness (QED) is 0.575. The van der Waals surface area contributed by atoms with Crippen molar-refractivity contribution in [1.29, 1.82) is 0 Å². The molecule has 1 saturated carbocycles. The van der Waals surface area contributed by atoms with Crippen LogP contribution in [0.3, 0.4) is 0 Å². The minimum Gasteiger partial charge on any atom is -0.393 e. The van der Waals surface area contributed by atoms with Gasteiger partial charge in [-0.3, -0.25) is 9.59 Å². The van der Waals surface area contributed by atoms with Crippen LogP contribution in [0.5, 0.6) is 0 Å². The first-order chi connectivity index (χ1) is 12.8. The summed E-state index contributed by atoms with van der Waals surface area (Å²) in [5, 5.41) is 18.5. The minimum atomic E-state index is -1.37. The van der Waals surface area contributed by atoms with E-state index in [1.165, 1.54) is 0 Å². The highest BCUT2D eigenvalue weighted by molar-refractivity contribution is 5.99. The number of carbonyl (C=O) groups is 2. The van der Waals surface area contributed by atoms with Gasteiger partial charge in [0.05, 0.1) is 18.6 Å². The SMILES string of the molecule is CC1C(O)CCC2NC(=O)C(CC(=O)N[C@@H](C)C3NCC(F)CC3F)=CC21. The van der Waals surface area contributed by atoms with Crippen LogP contribution in [0.2, 0.25) is 0 Å². The first-order valence-electron chi connectivity index (χ1n) is 9.76. The van der Waals surface area contributed by atoms with Gasteiger partial charge in [-0.1, -0.05) is 13.0 Å². The zero-order chi connectivity index (χ0) is 19.7. The minimum absolute atomic E-state index is 0.00314. The summed E-state index contributed by atoms with van der Waals surface area (Å²) in [4.78, 5) is 24.7. The maximum absolute atomic E-state index is 14.0. The molecule has 2 amide bonds. The average Bonchev–Trinajstić information content (AvgIpc) is 2.59. The van der Waals surface area contributed by atoms with E-state index in [1.54, 1.807) is 6.92 Å². The van der Waals surface area contributed by atoms with Crippen LogP contribution in [-0.4, -0.2) is 60.0 Å². The lowest BCUT2D eigenvalue weighted by Crippen LogP contribution is -2.58. The molecular formula is C19H29F2N3O3. The Kier molecular flexibility index (Phi) is 6.15. The van der Waals surface area contributed by atoms with Gasteiger partial charge < -0.3 is 21.1 Å². The molecule has 6 nitrogen and oxygen atoms in total. The Hall–Kier alpha value is -1.54. The van der Waals surface area contributed by atoms with Gasteiger partial charge >= 0.3 is 0 Å². The van der Waals surface area contributed by atoms with Gasteiger partial charge in [0, 0.05) is 36.5 Å². The summed E-state index contributed by atoms with van der Waals surface area (Å²) in [5.41, 5.74) is 0.374. The van der Waals surface area contributed by atoms with E-state index in [2.05, 4.69) is 16.0 Å². The van der Waals surface area contributed by atoms with Crippen molar-refractivity contribution in [3.63, 3.8) is 0 Å². The maximum atomic E-state index is 14.0. The lowest BCUT2D eigenvalue weighted by Gasteiger charge is -2.41. The highest BCUT2D eigenvalue weighted by Gasteiger charge is 2.39. The van der Waals surface area contributed by atoms with Gasteiger partial charge in [0.15, 0.2) is 0 Å². The molecule has 4 N–H and O–H groups in total. The van der Waals surface area contributed by atoms with E-state index in [0.29, 0.717) is 12.0 Å². The second-order valence-corrected chi connectivity index (χ2v) is 8.17. The summed E-state index contributed by atoms with van der Waals surface area (Å²) in [6.07, 6.45) is -0.0798. The molecule has 2 fully saturated rings. The molecule has 0 spiro atoms. The predicted molar refractivity (Wildman–Crippen MR) is 96.3 cm³/mol. The van der Waals surface area contributed by atoms with Crippen molar-refractivity contribution in [1.82, 2.24) is 16.0 Å². The molecule has 2 heterocycles. The van der Waals surface area contributed by atoms with Crippen LogP contribution in [0.1, 0.15) is 39.5 Å². The summed E-state index contributed by atoms with van der Waals surface area (Å²) >= 11 is 0. The molecule has 0 bridgehead atoms. The lowest BCUT2D eigenvalue weighted by molar-refractivity contribution is -0.125. The Morgan fingerprint density at radius 1 is 1.41 bits per heavy atom. The van der Waals surface area contributed by atoms with Crippen LogP contribution in [0.15, 0.2) is 11.6 Å². The summed E-state index contributed by atoms with van der Waals surface area (Å²) in [7, 11) is 0. The second kappa shape index (κ2) is 8.22. The molecule has 0 aromatic heterocycles. The number of halogens is 2. The molecular weight excluding hydrogens is 356 g/mol. The van der Waals surface area contributed by atoms with E-state index in [4.69, 9.17) is 0 Å². The number of aliphatic hydroxyl groups is 1. The van der Waals surface area contributed by atoms with Gasteiger partial charge in [-0.15, -0.1) is 0 Å². The maximum Gasteiger partial charge on any atom is 0.247 e. The van der Waals surface area contributed by atoms with Gasteiger partial charge in [-0.05, 0) is 25.7 Å². The highest BCUT2D eigenvalue weighted by atomic mass is 19.1. The van der Waals surface area contributed by atoms with Crippen LogP contribution in [0.25, 0.3) is 0 Å². The molecule has 2 aliphatic heterocycles. The number of alkyl halides is 2. The topological polar surface area (TPSA) is 90.5 Å². The summed E-state index contributed by atoms with van der Waals surface area (Å²) in [6, 6.07) is -1.17. The van der Waals surface area contributed by atoms with E-state index in [0.717, 1.165) is 6.42 Å². The predicted octanol–water partition coefficient (Wildman–Crippen LogP) is 0.751. The van der Waals surface area contributed by atoms with Crippen molar-refractivity contribution in [3.8, 4) is 0 Å². The Balaban J connectivity index is 1.59. The van der Waals surface area contributed by atoms with E-state index >= 15 is 0 Å². The molecule has 0 aromatic carbocycles. The van der Waals surface area contributed by atoms with Crippen LogP contribution in [0.4, 0.5) is 8.78 Å². The third kappa shape index (κ3) is 4.48. The molecule has 1 aliphatic carbocycles. The summed E-state index contributed by atoms with van der Waals surface area (Å²) in [6.45, 7) is 3.69. The number of rotatable bonds is 4.